The van der Waals surface area contributed by atoms with Gasteiger partial charge in [-0.1, -0.05) is 92.0 Å². The second-order valence-corrected chi connectivity index (χ2v) is 11.5. The predicted molar refractivity (Wildman–Crippen MR) is 191 cm³/mol. The molecule has 0 spiro atoms. The summed E-state index contributed by atoms with van der Waals surface area (Å²) in [5, 5.41) is 3.56. The Morgan fingerprint density at radius 2 is 1.33 bits per heavy atom. The van der Waals surface area contributed by atoms with Gasteiger partial charge in [0.05, 0.1) is 12.3 Å². The zero-order valence-electron chi connectivity index (χ0n) is 25.4. The number of rotatable bonds is 5. The standard InChI is InChI=1S/C42H36N2O/c1-30-12-7-9-28-45-42-38(30)15-10-16-39(42)33-19-24-36(25-20-33)43-35-22-17-32(18-23-35)34-21-26-41-40(29-34)31(2)11-6-8-27-44(41)37-13-4-3-5-14-37/h3-6,8,10-11,13-27,29,43H,1-2,7,9,12,28H2/b11-6-,27-8-. The fourth-order valence-electron chi connectivity index (χ4n) is 6.07. The number of nitrogens with zero attached hydrogens (tertiary/aromatic N) is 1. The van der Waals surface area contributed by atoms with E-state index in [4.69, 9.17) is 4.74 Å². The summed E-state index contributed by atoms with van der Waals surface area (Å²) in [5.41, 5.74) is 13.2. The lowest BCUT2D eigenvalue weighted by Crippen LogP contribution is -2.11. The first kappa shape index (κ1) is 28.2. The van der Waals surface area contributed by atoms with Crippen molar-refractivity contribution in [2.75, 3.05) is 16.8 Å². The summed E-state index contributed by atoms with van der Waals surface area (Å²) in [4.78, 5) is 2.21. The van der Waals surface area contributed by atoms with Gasteiger partial charge in [0.1, 0.15) is 5.75 Å². The Balaban J connectivity index is 1.10. The second-order valence-electron chi connectivity index (χ2n) is 11.5. The highest BCUT2D eigenvalue weighted by atomic mass is 16.5. The van der Waals surface area contributed by atoms with Crippen LogP contribution in [-0.4, -0.2) is 6.61 Å². The molecule has 0 fully saturated rings. The molecule has 2 aliphatic rings. The predicted octanol–water partition coefficient (Wildman–Crippen LogP) is 11.6. The first-order chi connectivity index (χ1) is 22.1. The Labute approximate surface area is 266 Å². The van der Waals surface area contributed by atoms with Gasteiger partial charge in [0.25, 0.3) is 0 Å². The molecule has 7 rings (SSSR count). The molecule has 1 N–H and O–H groups in total. The number of fused-ring (bicyclic) bond motifs is 2. The van der Waals surface area contributed by atoms with Crippen LogP contribution in [-0.2, 0) is 0 Å². The summed E-state index contributed by atoms with van der Waals surface area (Å²) < 4.78 is 6.24. The fraction of sp³-hybridized carbons (Fsp3) is 0.0952. The van der Waals surface area contributed by atoms with Crippen LogP contribution in [0.25, 0.3) is 33.4 Å². The number of benzene rings is 5. The van der Waals surface area contributed by atoms with Gasteiger partial charge in [-0.2, -0.15) is 0 Å². The monoisotopic (exact) mass is 584 g/mol. The molecule has 0 bridgehead atoms. The normalized spacial score (nSPS) is 15.8. The molecule has 5 aromatic rings. The van der Waals surface area contributed by atoms with Crippen LogP contribution >= 0.6 is 0 Å². The number of allylic oxidation sites excluding steroid dienone is 5. The van der Waals surface area contributed by atoms with Crippen molar-refractivity contribution in [2.24, 2.45) is 0 Å². The van der Waals surface area contributed by atoms with E-state index in [2.05, 4.69) is 151 Å². The number of para-hydroxylation sites is 2. The van der Waals surface area contributed by atoms with Crippen LogP contribution < -0.4 is 15.0 Å². The van der Waals surface area contributed by atoms with Crippen molar-refractivity contribution in [1.82, 2.24) is 0 Å². The van der Waals surface area contributed by atoms with Crippen molar-refractivity contribution in [1.29, 1.82) is 0 Å². The van der Waals surface area contributed by atoms with Gasteiger partial charge < -0.3 is 15.0 Å². The third-order valence-electron chi connectivity index (χ3n) is 8.50. The van der Waals surface area contributed by atoms with Crippen molar-refractivity contribution in [2.45, 2.75) is 19.3 Å². The molecule has 2 aliphatic heterocycles. The van der Waals surface area contributed by atoms with E-state index in [0.29, 0.717) is 0 Å². The van der Waals surface area contributed by atoms with Crippen LogP contribution in [0.1, 0.15) is 30.4 Å². The molecule has 220 valence electrons. The first-order valence-corrected chi connectivity index (χ1v) is 15.6. The number of hydrogen-bond donors (Lipinski definition) is 1. The maximum absolute atomic E-state index is 6.24. The van der Waals surface area contributed by atoms with Crippen molar-refractivity contribution in [3.63, 3.8) is 0 Å². The molecule has 0 atom stereocenters. The van der Waals surface area contributed by atoms with Gasteiger partial charge in [0.15, 0.2) is 0 Å². The molecule has 0 aliphatic carbocycles. The molecule has 45 heavy (non-hydrogen) atoms. The number of anilines is 4. The summed E-state index contributed by atoms with van der Waals surface area (Å²) in [6, 6.07) is 40.6. The van der Waals surface area contributed by atoms with E-state index < -0.39 is 0 Å². The molecule has 0 radical (unpaired) electrons. The molecule has 3 nitrogen and oxygen atoms in total. The lowest BCUT2D eigenvalue weighted by Gasteiger charge is -2.25. The minimum atomic E-state index is 0.744. The van der Waals surface area contributed by atoms with Crippen molar-refractivity contribution < 1.29 is 4.74 Å². The van der Waals surface area contributed by atoms with Crippen LogP contribution in [0.15, 0.2) is 153 Å². The van der Waals surface area contributed by atoms with Crippen molar-refractivity contribution in [3.05, 3.63) is 164 Å². The first-order valence-electron chi connectivity index (χ1n) is 15.6. The van der Waals surface area contributed by atoms with Gasteiger partial charge in [-0.25, -0.2) is 0 Å². The van der Waals surface area contributed by atoms with E-state index in [1.807, 2.05) is 12.1 Å². The van der Waals surface area contributed by atoms with Crippen LogP contribution in [0.3, 0.4) is 0 Å². The van der Waals surface area contributed by atoms with Crippen LogP contribution in [0.4, 0.5) is 22.7 Å². The van der Waals surface area contributed by atoms with Gasteiger partial charge in [-0.05, 0) is 102 Å². The molecular weight excluding hydrogens is 548 g/mol. The van der Waals surface area contributed by atoms with E-state index >= 15 is 0 Å². The van der Waals surface area contributed by atoms with E-state index in [1.54, 1.807) is 0 Å². The largest absolute Gasteiger partial charge is 0.492 e. The summed E-state index contributed by atoms with van der Waals surface area (Å²) >= 11 is 0. The average Bonchev–Trinajstić information content (AvgIpc) is 3.07. The highest BCUT2D eigenvalue weighted by Gasteiger charge is 2.17. The van der Waals surface area contributed by atoms with Crippen LogP contribution in [0.5, 0.6) is 5.75 Å². The lowest BCUT2D eigenvalue weighted by atomic mass is 9.94. The Morgan fingerprint density at radius 3 is 2.11 bits per heavy atom. The Kier molecular flexibility index (Phi) is 7.90. The van der Waals surface area contributed by atoms with Crippen LogP contribution in [0, 0.1) is 0 Å². The molecule has 0 saturated heterocycles. The second kappa shape index (κ2) is 12.6. The number of hydrogen-bond acceptors (Lipinski definition) is 3. The van der Waals surface area contributed by atoms with Gasteiger partial charge in [-0.15, -0.1) is 0 Å². The topological polar surface area (TPSA) is 24.5 Å². The minimum absolute atomic E-state index is 0.744. The third-order valence-corrected chi connectivity index (χ3v) is 8.50. The molecule has 3 heteroatoms. The van der Waals surface area contributed by atoms with E-state index in [0.717, 1.165) is 98.9 Å². The lowest BCUT2D eigenvalue weighted by molar-refractivity contribution is 0.304. The van der Waals surface area contributed by atoms with E-state index in [-0.39, 0.29) is 0 Å². The maximum atomic E-state index is 6.24. The molecule has 2 heterocycles. The summed E-state index contributed by atoms with van der Waals surface area (Å²) in [7, 11) is 0. The molecular formula is C42H36N2O. The minimum Gasteiger partial charge on any atom is -0.492 e. The van der Waals surface area contributed by atoms with Gasteiger partial charge in [0, 0.05) is 40.0 Å². The van der Waals surface area contributed by atoms with E-state index in [1.165, 1.54) is 0 Å². The third kappa shape index (κ3) is 5.98. The molecule has 0 unspecified atom stereocenters. The van der Waals surface area contributed by atoms with Crippen molar-refractivity contribution >= 4 is 33.9 Å². The summed E-state index contributed by atoms with van der Waals surface area (Å²) in [6.07, 6.45) is 11.5. The Bertz CT molecular complexity index is 1910. The maximum Gasteiger partial charge on any atom is 0.134 e. The fourth-order valence-corrected chi connectivity index (χ4v) is 6.07. The zero-order chi connectivity index (χ0) is 30.6. The molecule has 5 aromatic carbocycles. The number of nitrogens with one attached hydrogen (secondary N) is 1. The smallest absolute Gasteiger partial charge is 0.134 e. The molecule has 0 aromatic heterocycles. The zero-order valence-corrected chi connectivity index (χ0v) is 25.4. The summed E-state index contributed by atoms with van der Waals surface area (Å²) in [6.45, 7) is 9.44. The van der Waals surface area contributed by atoms with Gasteiger partial charge >= 0.3 is 0 Å². The van der Waals surface area contributed by atoms with Crippen LogP contribution in [0.2, 0.25) is 0 Å². The number of ether oxygens (including phenoxy) is 1. The quantitative estimate of drug-likeness (QED) is 0.222. The Hall–Kier alpha value is -5.54. The molecule has 0 amide bonds. The average molecular weight is 585 g/mol. The van der Waals surface area contributed by atoms with Gasteiger partial charge in [0.2, 0.25) is 0 Å². The SMILES string of the molecule is C=C1/C=C\C=C/N(c2ccccc2)c2ccc(-c3ccc(Nc4ccc(-c5cccc6c5OCCCCC6=C)cc4)cc3)cc21. The molecule has 0 saturated carbocycles. The van der Waals surface area contributed by atoms with Crippen molar-refractivity contribution in [3.8, 4) is 28.0 Å². The Morgan fingerprint density at radius 1 is 0.622 bits per heavy atom. The van der Waals surface area contributed by atoms with E-state index in [9.17, 15) is 0 Å². The van der Waals surface area contributed by atoms with Gasteiger partial charge in [-0.3, -0.25) is 0 Å². The highest BCUT2D eigenvalue weighted by molar-refractivity contribution is 5.88. The summed E-state index contributed by atoms with van der Waals surface area (Å²) in [5.74, 6) is 0.954. The highest BCUT2D eigenvalue weighted by Crippen LogP contribution is 2.40.